The van der Waals surface area contributed by atoms with Gasteiger partial charge in [0, 0.05) is 6.54 Å². The summed E-state index contributed by atoms with van der Waals surface area (Å²) >= 11 is 0. The van der Waals surface area contributed by atoms with Gasteiger partial charge in [-0.25, -0.2) is 4.79 Å². The van der Waals surface area contributed by atoms with Crippen LogP contribution in [-0.4, -0.2) is 18.6 Å². The SMILES string of the molecule is CCCCCCNC(=O)NC1C=CC=C1. The molecule has 0 aromatic rings. The van der Waals surface area contributed by atoms with Crippen molar-refractivity contribution in [3.05, 3.63) is 24.3 Å². The van der Waals surface area contributed by atoms with Gasteiger partial charge in [0.25, 0.3) is 0 Å². The summed E-state index contributed by atoms with van der Waals surface area (Å²) in [4.78, 5) is 11.3. The molecule has 84 valence electrons. The number of urea groups is 1. The lowest BCUT2D eigenvalue weighted by atomic mass is 10.2. The molecule has 0 saturated heterocycles. The molecule has 15 heavy (non-hydrogen) atoms. The largest absolute Gasteiger partial charge is 0.338 e. The lowest BCUT2D eigenvalue weighted by molar-refractivity contribution is 0.240. The second-order valence-electron chi connectivity index (χ2n) is 3.76. The van der Waals surface area contributed by atoms with Crippen LogP contribution in [0.15, 0.2) is 24.3 Å². The van der Waals surface area contributed by atoms with E-state index in [-0.39, 0.29) is 12.1 Å². The van der Waals surface area contributed by atoms with Gasteiger partial charge in [-0.05, 0) is 6.42 Å². The molecule has 0 spiro atoms. The Labute approximate surface area is 91.6 Å². The Morgan fingerprint density at radius 1 is 1.20 bits per heavy atom. The molecule has 0 aromatic carbocycles. The Morgan fingerprint density at radius 2 is 1.93 bits per heavy atom. The highest BCUT2D eigenvalue weighted by Crippen LogP contribution is 1.99. The van der Waals surface area contributed by atoms with Gasteiger partial charge in [0.2, 0.25) is 0 Å². The van der Waals surface area contributed by atoms with Crippen molar-refractivity contribution in [2.24, 2.45) is 0 Å². The number of carbonyl (C=O) groups excluding carboxylic acids is 1. The number of hydrogen-bond acceptors (Lipinski definition) is 1. The van der Waals surface area contributed by atoms with Crippen LogP contribution in [0.2, 0.25) is 0 Å². The molecule has 2 N–H and O–H groups in total. The van der Waals surface area contributed by atoms with Crippen LogP contribution in [0.1, 0.15) is 32.6 Å². The molecule has 0 unspecified atom stereocenters. The summed E-state index contributed by atoms with van der Waals surface area (Å²) in [6.45, 7) is 2.95. The summed E-state index contributed by atoms with van der Waals surface area (Å²) in [7, 11) is 0. The predicted molar refractivity (Wildman–Crippen MR) is 62.7 cm³/mol. The summed E-state index contributed by atoms with van der Waals surface area (Å²) in [6, 6.07) is -0.00617. The van der Waals surface area contributed by atoms with Gasteiger partial charge in [0.05, 0.1) is 6.04 Å². The summed E-state index contributed by atoms with van der Waals surface area (Å²) in [5.41, 5.74) is 0. The summed E-state index contributed by atoms with van der Waals surface area (Å²) in [5, 5.41) is 5.70. The van der Waals surface area contributed by atoms with E-state index in [0.717, 1.165) is 13.0 Å². The molecule has 0 aromatic heterocycles. The van der Waals surface area contributed by atoms with Crippen molar-refractivity contribution in [3.63, 3.8) is 0 Å². The number of carbonyl (C=O) groups is 1. The average molecular weight is 208 g/mol. The van der Waals surface area contributed by atoms with Crippen molar-refractivity contribution < 1.29 is 4.79 Å². The van der Waals surface area contributed by atoms with E-state index < -0.39 is 0 Å². The fraction of sp³-hybridized carbons (Fsp3) is 0.583. The maximum Gasteiger partial charge on any atom is 0.315 e. The minimum Gasteiger partial charge on any atom is -0.338 e. The Kier molecular flexibility index (Phi) is 5.59. The highest BCUT2D eigenvalue weighted by atomic mass is 16.2. The summed E-state index contributed by atoms with van der Waals surface area (Å²) in [5.74, 6) is 0. The van der Waals surface area contributed by atoms with Crippen LogP contribution in [-0.2, 0) is 0 Å². The minimum absolute atomic E-state index is 0.0700. The lowest BCUT2D eigenvalue weighted by Gasteiger charge is -2.10. The second-order valence-corrected chi connectivity index (χ2v) is 3.76. The van der Waals surface area contributed by atoms with Gasteiger partial charge in [0.15, 0.2) is 0 Å². The topological polar surface area (TPSA) is 41.1 Å². The number of nitrogens with one attached hydrogen (secondary N) is 2. The third-order valence-corrected chi connectivity index (χ3v) is 2.36. The Hall–Kier alpha value is -1.25. The zero-order valence-electron chi connectivity index (χ0n) is 9.33. The first-order valence-corrected chi connectivity index (χ1v) is 5.72. The quantitative estimate of drug-likeness (QED) is 0.646. The van der Waals surface area contributed by atoms with E-state index in [9.17, 15) is 4.79 Å². The van der Waals surface area contributed by atoms with Gasteiger partial charge in [-0.2, -0.15) is 0 Å². The monoisotopic (exact) mass is 208 g/mol. The van der Waals surface area contributed by atoms with E-state index in [2.05, 4.69) is 17.6 Å². The molecule has 2 amide bonds. The summed E-state index contributed by atoms with van der Waals surface area (Å²) in [6.07, 6.45) is 12.5. The molecular weight excluding hydrogens is 188 g/mol. The molecule has 0 heterocycles. The molecular formula is C12H20N2O. The van der Waals surface area contributed by atoms with Crippen molar-refractivity contribution in [3.8, 4) is 0 Å². The number of unbranched alkanes of at least 4 members (excludes halogenated alkanes) is 3. The molecule has 3 heteroatoms. The number of rotatable bonds is 6. The fourth-order valence-corrected chi connectivity index (χ4v) is 1.48. The van der Waals surface area contributed by atoms with Crippen molar-refractivity contribution >= 4 is 6.03 Å². The van der Waals surface area contributed by atoms with Crippen LogP contribution >= 0.6 is 0 Å². The van der Waals surface area contributed by atoms with Gasteiger partial charge in [-0.15, -0.1) is 0 Å². The van der Waals surface area contributed by atoms with Crippen LogP contribution in [0.25, 0.3) is 0 Å². The first kappa shape index (κ1) is 11.8. The van der Waals surface area contributed by atoms with E-state index in [1.807, 2.05) is 24.3 Å². The van der Waals surface area contributed by atoms with E-state index in [4.69, 9.17) is 0 Å². The lowest BCUT2D eigenvalue weighted by Crippen LogP contribution is -2.40. The molecule has 0 saturated carbocycles. The van der Waals surface area contributed by atoms with Crippen molar-refractivity contribution in [2.45, 2.75) is 38.6 Å². The van der Waals surface area contributed by atoms with E-state index >= 15 is 0 Å². The number of amides is 2. The fourth-order valence-electron chi connectivity index (χ4n) is 1.48. The number of allylic oxidation sites excluding steroid dienone is 2. The first-order valence-electron chi connectivity index (χ1n) is 5.72. The highest BCUT2D eigenvalue weighted by molar-refractivity contribution is 5.74. The van der Waals surface area contributed by atoms with Gasteiger partial charge < -0.3 is 10.6 Å². The van der Waals surface area contributed by atoms with Crippen LogP contribution in [0.4, 0.5) is 4.79 Å². The maximum absolute atomic E-state index is 11.3. The zero-order valence-corrected chi connectivity index (χ0v) is 9.33. The predicted octanol–water partition coefficient (Wildman–Crippen LogP) is 2.36. The van der Waals surface area contributed by atoms with Crippen LogP contribution < -0.4 is 10.6 Å². The third kappa shape index (κ3) is 5.25. The standard InChI is InChI=1S/C12H20N2O/c1-2-3-4-7-10-13-12(15)14-11-8-5-6-9-11/h5-6,8-9,11H,2-4,7,10H2,1H3,(H2,13,14,15). The van der Waals surface area contributed by atoms with Crippen LogP contribution in [0.3, 0.4) is 0 Å². The zero-order chi connectivity index (χ0) is 10.9. The van der Waals surface area contributed by atoms with Crippen molar-refractivity contribution in [2.75, 3.05) is 6.54 Å². The van der Waals surface area contributed by atoms with Gasteiger partial charge in [-0.1, -0.05) is 50.5 Å². The third-order valence-electron chi connectivity index (χ3n) is 2.36. The molecule has 1 aliphatic carbocycles. The molecule has 0 fully saturated rings. The van der Waals surface area contributed by atoms with Gasteiger partial charge >= 0.3 is 6.03 Å². The Morgan fingerprint density at radius 3 is 2.60 bits per heavy atom. The molecule has 1 aliphatic rings. The van der Waals surface area contributed by atoms with E-state index in [0.29, 0.717) is 0 Å². The second kappa shape index (κ2) is 7.10. The highest BCUT2D eigenvalue weighted by Gasteiger charge is 2.06. The molecule has 0 atom stereocenters. The average Bonchev–Trinajstić information content (AvgIpc) is 2.70. The minimum atomic E-state index is -0.0762. The molecule has 1 rings (SSSR count). The van der Waals surface area contributed by atoms with Crippen molar-refractivity contribution in [1.29, 1.82) is 0 Å². The van der Waals surface area contributed by atoms with Gasteiger partial charge in [0.1, 0.15) is 0 Å². The van der Waals surface area contributed by atoms with E-state index in [1.54, 1.807) is 0 Å². The molecule has 0 bridgehead atoms. The summed E-state index contributed by atoms with van der Waals surface area (Å²) < 4.78 is 0. The first-order chi connectivity index (χ1) is 7.33. The van der Waals surface area contributed by atoms with Crippen LogP contribution in [0.5, 0.6) is 0 Å². The normalized spacial score (nSPS) is 14.5. The molecule has 0 radical (unpaired) electrons. The van der Waals surface area contributed by atoms with Crippen molar-refractivity contribution in [1.82, 2.24) is 10.6 Å². The smallest absolute Gasteiger partial charge is 0.315 e. The Bertz CT molecular complexity index is 234. The molecule has 0 aliphatic heterocycles. The van der Waals surface area contributed by atoms with Gasteiger partial charge in [-0.3, -0.25) is 0 Å². The molecule has 3 nitrogen and oxygen atoms in total. The number of hydrogen-bond donors (Lipinski definition) is 2. The Balaban J connectivity index is 1.98. The van der Waals surface area contributed by atoms with E-state index in [1.165, 1.54) is 19.3 Å². The maximum atomic E-state index is 11.3. The van der Waals surface area contributed by atoms with Crippen LogP contribution in [0, 0.1) is 0 Å².